The van der Waals surface area contributed by atoms with E-state index in [0.29, 0.717) is 10.7 Å². The van der Waals surface area contributed by atoms with Gasteiger partial charge in [0.25, 0.3) is 0 Å². The third kappa shape index (κ3) is 3.67. The Morgan fingerprint density at radius 1 is 1.20 bits per heavy atom. The molecule has 15 heavy (non-hydrogen) atoms. The van der Waals surface area contributed by atoms with Gasteiger partial charge in [-0.25, -0.2) is 0 Å². The molecule has 0 saturated carbocycles. The van der Waals surface area contributed by atoms with Crippen LogP contribution in [-0.4, -0.2) is 16.3 Å². The van der Waals surface area contributed by atoms with Crippen molar-refractivity contribution in [3.8, 4) is 0 Å². The van der Waals surface area contributed by atoms with E-state index in [1.165, 1.54) is 30.4 Å². The van der Waals surface area contributed by atoms with Crippen LogP contribution >= 0.6 is 0 Å². The van der Waals surface area contributed by atoms with E-state index in [-0.39, 0.29) is 0 Å². The Balaban J connectivity index is 2.82. The summed E-state index contributed by atoms with van der Waals surface area (Å²) in [5, 5.41) is 0. The Morgan fingerprint density at radius 2 is 1.87 bits per heavy atom. The van der Waals surface area contributed by atoms with Crippen LogP contribution in [0.5, 0.6) is 0 Å². The maximum Gasteiger partial charge on any atom is 0.131 e. The van der Waals surface area contributed by atoms with Crippen molar-refractivity contribution in [2.24, 2.45) is 0 Å². The summed E-state index contributed by atoms with van der Waals surface area (Å²) in [6.45, 7) is 6.80. The van der Waals surface area contributed by atoms with Gasteiger partial charge >= 0.3 is 0 Å². The topological polar surface area (TPSA) is 0 Å². The molecule has 0 N–H and O–H groups in total. The highest BCUT2D eigenvalue weighted by Gasteiger charge is 2.07. The SMILES string of the molecule is CCC[CH]([Al])c1cccc(C(C)CC)c1. The zero-order valence-corrected chi connectivity index (χ0v) is 11.3. The van der Waals surface area contributed by atoms with Gasteiger partial charge in [0.15, 0.2) is 0 Å². The van der Waals surface area contributed by atoms with E-state index >= 15 is 0 Å². The molecule has 0 saturated heterocycles. The smallest absolute Gasteiger partial charge is 0.0840 e. The molecule has 0 heterocycles. The second kappa shape index (κ2) is 6.36. The van der Waals surface area contributed by atoms with Crippen molar-refractivity contribution in [2.45, 2.75) is 50.7 Å². The van der Waals surface area contributed by atoms with E-state index in [1.807, 2.05) is 0 Å². The minimum atomic E-state index is 0.624. The fourth-order valence-corrected chi connectivity index (χ4v) is 2.35. The van der Waals surface area contributed by atoms with Crippen molar-refractivity contribution < 1.29 is 0 Å². The van der Waals surface area contributed by atoms with Crippen LogP contribution in [0.25, 0.3) is 0 Å². The summed E-state index contributed by atoms with van der Waals surface area (Å²) in [4.78, 5) is 0. The van der Waals surface area contributed by atoms with Gasteiger partial charge in [-0.15, -0.1) is 0 Å². The first-order valence-corrected chi connectivity index (χ1v) is 6.71. The highest BCUT2D eigenvalue weighted by molar-refractivity contribution is 6.12. The summed E-state index contributed by atoms with van der Waals surface area (Å²) in [6, 6.07) is 9.07. The average molecular weight is 216 g/mol. The normalized spacial score (nSPS) is 14.9. The summed E-state index contributed by atoms with van der Waals surface area (Å²) >= 11 is 2.96. The maximum atomic E-state index is 2.96. The molecule has 0 aliphatic heterocycles. The first-order chi connectivity index (χ1) is 7.19. The van der Waals surface area contributed by atoms with Crippen molar-refractivity contribution in [2.75, 3.05) is 0 Å². The van der Waals surface area contributed by atoms with Crippen molar-refractivity contribution in [1.82, 2.24) is 0 Å². The molecule has 0 aliphatic carbocycles. The van der Waals surface area contributed by atoms with Crippen LogP contribution in [0, 0.1) is 0 Å². The molecule has 1 aromatic carbocycles. The molecule has 0 amide bonds. The number of benzene rings is 1. The number of hydrogen-bond acceptors (Lipinski definition) is 0. The fraction of sp³-hybridized carbons (Fsp3) is 0.571. The van der Waals surface area contributed by atoms with E-state index in [1.54, 1.807) is 0 Å². The lowest BCUT2D eigenvalue weighted by atomic mass is 9.95. The van der Waals surface area contributed by atoms with Gasteiger partial charge in [-0.3, -0.25) is 0 Å². The molecule has 0 bridgehead atoms. The van der Waals surface area contributed by atoms with Gasteiger partial charge in [-0.1, -0.05) is 68.2 Å². The largest absolute Gasteiger partial charge is 0.131 e. The summed E-state index contributed by atoms with van der Waals surface area (Å²) < 4.78 is 0.624. The van der Waals surface area contributed by atoms with Crippen LogP contribution in [0.1, 0.15) is 61.9 Å². The number of hydrogen-bond donors (Lipinski definition) is 0. The van der Waals surface area contributed by atoms with E-state index in [0.717, 1.165) is 0 Å². The molecule has 1 rings (SSSR count). The molecular formula is C14H21Al. The molecule has 0 spiro atoms. The van der Waals surface area contributed by atoms with Crippen LogP contribution in [0.4, 0.5) is 0 Å². The molecule has 2 atom stereocenters. The van der Waals surface area contributed by atoms with Gasteiger partial charge in [-0.05, 0) is 17.9 Å². The summed E-state index contributed by atoms with van der Waals surface area (Å²) in [5.41, 5.74) is 2.96. The summed E-state index contributed by atoms with van der Waals surface area (Å²) in [6.07, 6.45) is 3.73. The zero-order valence-electron chi connectivity index (χ0n) is 10.2. The monoisotopic (exact) mass is 216 g/mol. The van der Waals surface area contributed by atoms with Crippen molar-refractivity contribution >= 4 is 16.3 Å². The van der Waals surface area contributed by atoms with Crippen LogP contribution in [0.2, 0.25) is 0 Å². The third-order valence-electron chi connectivity index (χ3n) is 3.12. The van der Waals surface area contributed by atoms with E-state index in [4.69, 9.17) is 0 Å². The fourth-order valence-electron chi connectivity index (χ4n) is 1.81. The molecule has 0 fully saturated rings. The van der Waals surface area contributed by atoms with Gasteiger partial charge in [0.1, 0.15) is 16.3 Å². The molecule has 0 aliphatic rings. The van der Waals surface area contributed by atoms with E-state index < -0.39 is 0 Å². The van der Waals surface area contributed by atoms with Crippen molar-refractivity contribution in [1.29, 1.82) is 0 Å². The maximum absolute atomic E-state index is 2.96. The predicted octanol–water partition coefficient (Wildman–Crippen LogP) is 4.21. The van der Waals surface area contributed by atoms with Gasteiger partial charge in [0.05, 0.1) is 0 Å². The van der Waals surface area contributed by atoms with Crippen LogP contribution in [0.3, 0.4) is 0 Å². The van der Waals surface area contributed by atoms with Gasteiger partial charge < -0.3 is 0 Å². The third-order valence-corrected chi connectivity index (χ3v) is 3.84. The second-order valence-corrected chi connectivity index (χ2v) is 5.18. The summed E-state index contributed by atoms with van der Waals surface area (Å²) in [7, 11) is 0. The lowest BCUT2D eigenvalue weighted by molar-refractivity contribution is 0.726. The molecule has 0 nitrogen and oxygen atoms in total. The highest BCUT2D eigenvalue weighted by Crippen LogP contribution is 2.24. The molecule has 80 valence electrons. The van der Waals surface area contributed by atoms with Gasteiger partial charge in [-0.2, -0.15) is 0 Å². The van der Waals surface area contributed by atoms with Gasteiger partial charge in [0, 0.05) is 0 Å². The molecule has 2 radical (unpaired) electrons. The van der Waals surface area contributed by atoms with E-state index in [9.17, 15) is 0 Å². The highest BCUT2D eigenvalue weighted by atomic mass is 27.0. The summed E-state index contributed by atoms with van der Waals surface area (Å²) in [5.74, 6) is 0.684. The molecule has 0 aromatic heterocycles. The first kappa shape index (κ1) is 12.8. The van der Waals surface area contributed by atoms with Crippen LogP contribution in [0.15, 0.2) is 24.3 Å². The Bertz CT molecular complexity index is 293. The lowest BCUT2D eigenvalue weighted by Crippen LogP contribution is -2.00. The molecular weight excluding hydrogens is 195 g/mol. The Kier molecular flexibility index (Phi) is 5.44. The standard InChI is InChI=1S/C14H21.Al/c1-4-6-8-13-9-7-10-14(11-13)12(3)5-2;/h7-12H,4-6H2,1-3H3;. The molecule has 1 heteroatoms. The zero-order chi connectivity index (χ0) is 11.3. The second-order valence-electron chi connectivity index (χ2n) is 4.37. The Labute approximate surface area is 103 Å². The van der Waals surface area contributed by atoms with Crippen LogP contribution < -0.4 is 0 Å². The minimum Gasteiger partial charge on any atom is -0.0840 e. The quantitative estimate of drug-likeness (QED) is 0.647. The van der Waals surface area contributed by atoms with Crippen molar-refractivity contribution in [3.63, 3.8) is 0 Å². The molecule has 2 unspecified atom stereocenters. The van der Waals surface area contributed by atoms with Crippen molar-refractivity contribution in [3.05, 3.63) is 35.4 Å². The average Bonchev–Trinajstić information content (AvgIpc) is 2.28. The first-order valence-electron chi connectivity index (χ1n) is 6.04. The van der Waals surface area contributed by atoms with E-state index in [2.05, 4.69) is 61.3 Å². The molecule has 1 aromatic rings. The minimum absolute atomic E-state index is 0.624. The lowest BCUT2D eigenvalue weighted by Gasteiger charge is -2.15. The predicted molar refractivity (Wildman–Crippen MR) is 68.6 cm³/mol. The Morgan fingerprint density at radius 3 is 2.47 bits per heavy atom. The Hall–Kier alpha value is -0.248. The van der Waals surface area contributed by atoms with Crippen LogP contribution in [-0.2, 0) is 0 Å². The number of rotatable bonds is 5. The van der Waals surface area contributed by atoms with Gasteiger partial charge in [0.2, 0.25) is 0 Å².